The van der Waals surface area contributed by atoms with Gasteiger partial charge in [0.2, 0.25) is 0 Å². The molecule has 0 aliphatic carbocycles. The molecule has 0 bridgehead atoms. The fourth-order valence-electron chi connectivity index (χ4n) is 2.23. The van der Waals surface area contributed by atoms with E-state index in [2.05, 4.69) is 0 Å². The minimum atomic E-state index is -0.538. The maximum Gasteiger partial charge on any atom is 0.155 e. The third-order valence-corrected chi connectivity index (χ3v) is 3.36. The molecule has 2 aromatic carbocycles. The lowest BCUT2D eigenvalue weighted by molar-refractivity contribution is -0.119. The van der Waals surface area contributed by atoms with Crippen LogP contribution in [-0.4, -0.2) is 17.5 Å². The maximum atomic E-state index is 12.1. The maximum absolute atomic E-state index is 12.1. The van der Waals surface area contributed by atoms with E-state index >= 15 is 0 Å². The highest BCUT2D eigenvalue weighted by Crippen LogP contribution is 2.06. The molecule has 0 aliphatic rings. The van der Waals surface area contributed by atoms with Crippen molar-refractivity contribution in [3.63, 3.8) is 0 Å². The minimum Gasteiger partial charge on any atom is -0.321 e. The second-order valence-corrected chi connectivity index (χ2v) is 5.21. The van der Waals surface area contributed by atoms with E-state index in [9.17, 15) is 4.79 Å². The van der Waals surface area contributed by atoms with Crippen molar-refractivity contribution < 1.29 is 4.79 Å². The predicted octanol–water partition coefficient (Wildman–Crippen LogP) is 2.78. The first kappa shape index (κ1) is 15.1. The van der Waals surface area contributed by atoms with E-state index in [1.54, 1.807) is 0 Å². The van der Waals surface area contributed by atoms with E-state index in [0.717, 1.165) is 11.1 Å². The Morgan fingerprint density at radius 3 is 2.05 bits per heavy atom. The van der Waals surface area contributed by atoms with E-state index in [1.165, 1.54) is 0 Å². The monoisotopic (exact) mass is 280 g/mol. The van der Waals surface area contributed by atoms with E-state index < -0.39 is 6.04 Å². The summed E-state index contributed by atoms with van der Waals surface area (Å²) in [6.45, 7) is 0. The lowest BCUT2D eigenvalue weighted by Gasteiger charge is -2.11. The van der Waals surface area contributed by atoms with Crippen LogP contribution >= 0.6 is 0 Å². The van der Waals surface area contributed by atoms with Gasteiger partial charge in [0.05, 0.1) is 6.04 Å². The number of nitrogens with one attached hydrogen (secondary N) is 1. The first-order chi connectivity index (χ1) is 10.1. The lowest BCUT2D eigenvalue weighted by Crippen LogP contribution is -2.34. The van der Waals surface area contributed by atoms with Gasteiger partial charge in [-0.1, -0.05) is 60.7 Å². The molecule has 0 aliphatic heterocycles. The molecule has 0 saturated heterocycles. The van der Waals surface area contributed by atoms with Gasteiger partial charge in [0.25, 0.3) is 0 Å². The van der Waals surface area contributed by atoms with Gasteiger partial charge >= 0.3 is 0 Å². The molecule has 3 N–H and O–H groups in total. The quantitative estimate of drug-likeness (QED) is 0.766. The molecule has 0 aromatic heterocycles. The van der Waals surface area contributed by atoms with E-state index in [-0.39, 0.29) is 12.2 Å². The van der Waals surface area contributed by atoms with Crippen molar-refractivity contribution in [2.75, 3.05) is 0 Å². The number of carbonyl (C=O) groups excluding carboxylic acids is 1. The van der Waals surface area contributed by atoms with Crippen molar-refractivity contribution in [3.8, 4) is 0 Å². The van der Waals surface area contributed by atoms with Gasteiger partial charge in [0.15, 0.2) is 5.78 Å². The molecule has 0 saturated carbocycles. The standard InChI is InChI=1S/C18H20N2O/c19-16(11-14-7-3-1-4-8-14)13-18(21)17(20)12-15-9-5-2-6-10-15/h1-10,17,19H,11-13,20H2/t17-/m0/s1. The molecule has 108 valence electrons. The summed E-state index contributed by atoms with van der Waals surface area (Å²) in [5.41, 5.74) is 8.45. The Bertz CT molecular complexity index is 593. The summed E-state index contributed by atoms with van der Waals surface area (Å²) in [4.78, 5) is 12.1. The number of rotatable bonds is 7. The normalized spacial score (nSPS) is 11.9. The number of ketones is 1. The smallest absolute Gasteiger partial charge is 0.155 e. The second-order valence-electron chi connectivity index (χ2n) is 5.21. The van der Waals surface area contributed by atoms with Gasteiger partial charge in [0.1, 0.15) is 0 Å². The number of hydrogen-bond donors (Lipinski definition) is 2. The van der Waals surface area contributed by atoms with E-state index in [4.69, 9.17) is 11.1 Å². The molecule has 0 unspecified atom stereocenters. The zero-order chi connectivity index (χ0) is 15.1. The van der Waals surface area contributed by atoms with E-state index in [0.29, 0.717) is 18.6 Å². The van der Waals surface area contributed by atoms with E-state index in [1.807, 2.05) is 60.7 Å². The number of hydrogen-bond acceptors (Lipinski definition) is 3. The fraction of sp³-hybridized carbons (Fsp3) is 0.222. The largest absolute Gasteiger partial charge is 0.321 e. The first-order valence-electron chi connectivity index (χ1n) is 7.07. The highest BCUT2D eigenvalue weighted by atomic mass is 16.1. The molecule has 3 heteroatoms. The van der Waals surface area contributed by atoms with Gasteiger partial charge in [-0.2, -0.15) is 0 Å². The predicted molar refractivity (Wildman–Crippen MR) is 85.6 cm³/mol. The molecule has 0 amide bonds. The van der Waals surface area contributed by atoms with Crippen LogP contribution in [0.1, 0.15) is 17.5 Å². The molecule has 1 atom stereocenters. The molecular formula is C18H20N2O. The Balaban J connectivity index is 1.84. The Labute approximate surface area is 125 Å². The summed E-state index contributed by atoms with van der Waals surface area (Å²) in [5.74, 6) is -0.0696. The van der Waals surface area contributed by atoms with Crippen molar-refractivity contribution in [2.24, 2.45) is 5.73 Å². The van der Waals surface area contributed by atoms with Crippen LogP contribution in [-0.2, 0) is 17.6 Å². The second kappa shape index (κ2) is 7.50. The Kier molecular flexibility index (Phi) is 5.41. The minimum absolute atomic E-state index is 0.0696. The van der Waals surface area contributed by atoms with Crippen LogP contribution in [0.3, 0.4) is 0 Å². The van der Waals surface area contributed by atoms with Gasteiger partial charge in [-0.15, -0.1) is 0 Å². The summed E-state index contributed by atoms with van der Waals surface area (Å²) in [6.07, 6.45) is 1.16. The van der Waals surface area contributed by atoms with Gasteiger partial charge in [-0.05, 0) is 17.5 Å². The summed E-state index contributed by atoms with van der Waals surface area (Å²) in [6, 6.07) is 18.9. The molecule has 2 rings (SSSR count). The average Bonchev–Trinajstić information content (AvgIpc) is 2.49. The molecule has 0 radical (unpaired) electrons. The zero-order valence-electron chi connectivity index (χ0n) is 12.0. The Hall–Kier alpha value is -2.26. The van der Waals surface area contributed by atoms with Crippen molar-refractivity contribution in [1.29, 1.82) is 5.41 Å². The SMILES string of the molecule is N=C(CC(=O)[C@@H](N)Cc1ccccc1)Cc1ccccc1. The summed E-state index contributed by atoms with van der Waals surface area (Å²) in [7, 11) is 0. The Morgan fingerprint density at radius 1 is 0.952 bits per heavy atom. The average molecular weight is 280 g/mol. The van der Waals surface area contributed by atoms with Crippen molar-refractivity contribution in [1.82, 2.24) is 0 Å². The van der Waals surface area contributed by atoms with Gasteiger partial charge in [-0.25, -0.2) is 0 Å². The van der Waals surface area contributed by atoms with Crippen molar-refractivity contribution in [2.45, 2.75) is 25.3 Å². The van der Waals surface area contributed by atoms with Crippen molar-refractivity contribution >= 4 is 11.5 Å². The highest BCUT2D eigenvalue weighted by molar-refractivity contribution is 6.03. The topological polar surface area (TPSA) is 66.9 Å². The fourth-order valence-corrected chi connectivity index (χ4v) is 2.23. The summed E-state index contributed by atoms with van der Waals surface area (Å²) in [5, 5.41) is 7.95. The van der Waals surface area contributed by atoms with Gasteiger partial charge < -0.3 is 11.1 Å². The van der Waals surface area contributed by atoms with Crippen LogP contribution in [0.2, 0.25) is 0 Å². The summed E-state index contributed by atoms with van der Waals surface area (Å²) < 4.78 is 0. The third-order valence-electron chi connectivity index (χ3n) is 3.36. The lowest BCUT2D eigenvalue weighted by atomic mass is 9.97. The molecule has 21 heavy (non-hydrogen) atoms. The molecule has 2 aromatic rings. The third kappa shape index (κ3) is 4.97. The summed E-state index contributed by atoms with van der Waals surface area (Å²) >= 11 is 0. The van der Waals surface area contributed by atoms with Crippen LogP contribution in [0, 0.1) is 5.41 Å². The number of benzene rings is 2. The van der Waals surface area contributed by atoms with Crippen LogP contribution in [0.15, 0.2) is 60.7 Å². The highest BCUT2D eigenvalue weighted by Gasteiger charge is 2.16. The Morgan fingerprint density at radius 2 is 1.48 bits per heavy atom. The van der Waals surface area contributed by atoms with Crippen molar-refractivity contribution in [3.05, 3.63) is 71.8 Å². The zero-order valence-corrected chi connectivity index (χ0v) is 12.0. The van der Waals surface area contributed by atoms with Crippen LogP contribution < -0.4 is 5.73 Å². The molecule has 0 fully saturated rings. The number of Topliss-reactive ketones (excluding diaryl/α,β-unsaturated/α-hetero) is 1. The van der Waals surface area contributed by atoms with Crippen LogP contribution in [0.25, 0.3) is 0 Å². The molecule has 0 heterocycles. The molecule has 0 spiro atoms. The number of nitrogens with two attached hydrogens (primary N) is 1. The molecule has 3 nitrogen and oxygen atoms in total. The first-order valence-corrected chi connectivity index (χ1v) is 7.07. The molecular weight excluding hydrogens is 260 g/mol. The van der Waals surface area contributed by atoms with Crippen LogP contribution in [0.5, 0.6) is 0 Å². The van der Waals surface area contributed by atoms with Gasteiger partial charge in [-0.3, -0.25) is 4.79 Å². The van der Waals surface area contributed by atoms with Crippen LogP contribution in [0.4, 0.5) is 0 Å². The van der Waals surface area contributed by atoms with Gasteiger partial charge in [0, 0.05) is 18.6 Å². The number of carbonyl (C=O) groups is 1.